The Hall–Kier alpha value is -1.16. The van der Waals surface area contributed by atoms with E-state index >= 15 is 0 Å². The first-order valence-corrected chi connectivity index (χ1v) is 5.16. The summed E-state index contributed by atoms with van der Waals surface area (Å²) in [5, 5.41) is 0. The molecule has 2 aliphatic heterocycles. The Morgan fingerprint density at radius 1 is 1.29 bits per heavy atom. The van der Waals surface area contributed by atoms with Crippen molar-refractivity contribution in [2.75, 3.05) is 11.4 Å². The lowest BCUT2D eigenvalue weighted by molar-refractivity contribution is -0.114. The molecule has 0 N–H and O–H groups in total. The minimum Gasteiger partial charge on any atom is -0.304 e. The van der Waals surface area contributed by atoms with Gasteiger partial charge in [-0.25, -0.2) is 0 Å². The molecule has 3 rings (SSSR count). The van der Waals surface area contributed by atoms with Crippen LogP contribution < -0.4 is 4.90 Å². The van der Waals surface area contributed by atoms with Gasteiger partial charge in [0.2, 0.25) is 0 Å². The molecule has 0 aromatic heterocycles. The first-order chi connectivity index (χ1) is 6.68. The predicted molar refractivity (Wildman–Crippen MR) is 54.5 cm³/mol. The lowest BCUT2D eigenvalue weighted by Crippen LogP contribution is -2.28. The van der Waals surface area contributed by atoms with Gasteiger partial charge in [0, 0.05) is 11.0 Å². The van der Waals surface area contributed by atoms with Gasteiger partial charge in [-0.1, -0.05) is 15.9 Å². The zero-order chi connectivity index (χ0) is 9.87. The highest BCUT2D eigenvalue weighted by Gasteiger charge is 2.40. The topological polar surface area (TPSA) is 37.4 Å². The van der Waals surface area contributed by atoms with E-state index in [1.165, 1.54) is 0 Å². The average Bonchev–Trinajstić information content (AvgIpc) is 2.65. The van der Waals surface area contributed by atoms with Crippen LogP contribution in [0.3, 0.4) is 0 Å². The van der Waals surface area contributed by atoms with E-state index in [1.807, 2.05) is 6.07 Å². The summed E-state index contributed by atoms with van der Waals surface area (Å²) in [5.74, 6) is -0.751. The van der Waals surface area contributed by atoms with Crippen molar-refractivity contribution < 1.29 is 9.59 Å². The number of anilines is 1. The van der Waals surface area contributed by atoms with E-state index in [9.17, 15) is 9.59 Å². The zero-order valence-corrected chi connectivity index (χ0v) is 8.80. The summed E-state index contributed by atoms with van der Waals surface area (Å²) in [7, 11) is 0. The van der Waals surface area contributed by atoms with E-state index in [4.69, 9.17) is 0 Å². The van der Waals surface area contributed by atoms with E-state index in [2.05, 4.69) is 15.9 Å². The van der Waals surface area contributed by atoms with Gasteiger partial charge < -0.3 is 4.90 Å². The fraction of sp³-hybridized carbons (Fsp3) is 0.200. The predicted octanol–water partition coefficient (Wildman–Crippen LogP) is 1.53. The normalized spacial score (nSPS) is 17.9. The quantitative estimate of drug-likeness (QED) is 0.656. The van der Waals surface area contributed by atoms with Gasteiger partial charge >= 0.3 is 0 Å². The number of benzene rings is 1. The zero-order valence-electron chi connectivity index (χ0n) is 7.21. The Balaban J connectivity index is 2.37. The molecule has 0 aliphatic carbocycles. The monoisotopic (exact) mass is 251 g/mol. The van der Waals surface area contributed by atoms with E-state index in [0.29, 0.717) is 12.1 Å². The fourth-order valence-electron chi connectivity index (χ4n) is 2.12. The van der Waals surface area contributed by atoms with Crippen molar-refractivity contribution in [3.8, 4) is 0 Å². The highest BCUT2D eigenvalue weighted by molar-refractivity contribution is 9.10. The Bertz CT molecular complexity index is 481. The number of carbonyl (C=O) groups is 2. The molecule has 0 fully saturated rings. The van der Waals surface area contributed by atoms with Gasteiger partial charge in [0.1, 0.15) is 0 Å². The number of hydrogen-bond donors (Lipinski definition) is 0. The summed E-state index contributed by atoms with van der Waals surface area (Å²) in [6, 6.07) is 3.70. The standard InChI is InChI=1S/C10H6BrNO2/c11-6-3-5-1-2-12-8(5)7(4-6)9(13)10(12)14/h3-4H,1-2H2. The molecule has 0 saturated heterocycles. The maximum Gasteiger partial charge on any atom is 0.299 e. The van der Waals surface area contributed by atoms with Crippen LogP contribution >= 0.6 is 15.9 Å². The van der Waals surface area contributed by atoms with Crippen molar-refractivity contribution in [1.29, 1.82) is 0 Å². The number of amides is 1. The summed E-state index contributed by atoms with van der Waals surface area (Å²) in [5.41, 5.74) is 2.48. The summed E-state index contributed by atoms with van der Waals surface area (Å²) in [6.45, 7) is 0.642. The highest BCUT2D eigenvalue weighted by atomic mass is 79.9. The maximum absolute atomic E-state index is 11.5. The van der Waals surface area contributed by atoms with Gasteiger partial charge in [0.05, 0.1) is 11.3 Å². The number of Topliss-reactive ketones (excluding diaryl/α,β-unsaturated/α-hetero) is 1. The molecule has 70 valence electrons. The van der Waals surface area contributed by atoms with Crippen LogP contribution in [0.5, 0.6) is 0 Å². The number of halogens is 1. The van der Waals surface area contributed by atoms with Crippen molar-refractivity contribution in [2.24, 2.45) is 0 Å². The van der Waals surface area contributed by atoms with Crippen molar-refractivity contribution in [2.45, 2.75) is 6.42 Å². The van der Waals surface area contributed by atoms with Crippen LogP contribution in [0.2, 0.25) is 0 Å². The Labute approximate surface area is 88.8 Å². The second kappa shape index (κ2) is 2.45. The van der Waals surface area contributed by atoms with Gasteiger partial charge in [-0.05, 0) is 24.1 Å². The fourth-order valence-corrected chi connectivity index (χ4v) is 2.63. The van der Waals surface area contributed by atoms with E-state index in [1.54, 1.807) is 11.0 Å². The van der Waals surface area contributed by atoms with Crippen LogP contribution in [0.15, 0.2) is 16.6 Å². The van der Waals surface area contributed by atoms with Crippen molar-refractivity contribution in [3.05, 3.63) is 27.7 Å². The molecular formula is C10H6BrNO2. The van der Waals surface area contributed by atoms with Gasteiger partial charge in [-0.3, -0.25) is 9.59 Å². The van der Waals surface area contributed by atoms with E-state index < -0.39 is 0 Å². The second-order valence-corrected chi connectivity index (χ2v) is 4.41. The minimum absolute atomic E-state index is 0.373. The molecule has 0 bridgehead atoms. The number of carbonyl (C=O) groups excluding carboxylic acids is 2. The van der Waals surface area contributed by atoms with Crippen molar-refractivity contribution >= 4 is 33.3 Å². The first kappa shape index (κ1) is 8.17. The first-order valence-electron chi connectivity index (χ1n) is 4.37. The molecule has 2 aliphatic rings. The summed E-state index contributed by atoms with van der Waals surface area (Å²) in [4.78, 5) is 24.6. The van der Waals surface area contributed by atoms with Crippen molar-refractivity contribution in [1.82, 2.24) is 0 Å². The minimum atomic E-state index is -0.378. The molecule has 0 atom stereocenters. The third-order valence-corrected chi connectivity index (χ3v) is 3.17. The summed E-state index contributed by atoms with van der Waals surface area (Å²) in [6.07, 6.45) is 0.848. The third-order valence-electron chi connectivity index (χ3n) is 2.71. The number of rotatable bonds is 0. The van der Waals surface area contributed by atoms with Gasteiger partial charge in [0.25, 0.3) is 11.7 Å². The van der Waals surface area contributed by atoms with Crippen LogP contribution in [-0.2, 0) is 11.2 Å². The Kier molecular flexibility index (Phi) is 1.43. The van der Waals surface area contributed by atoms with Gasteiger partial charge in [0.15, 0.2) is 0 Å². The SMILES string of the molecule is O=C1C(=O)N2CCc3cc(Br)cc1c32. The molecule has 0 spiro atoms. The summed E-state index contributed by atoms with van der Waals surface area (Å²) >= 11 is 3.34. The molecule has 0 radical (unpaired) electrons. The molecule has 3 nitrogen and oxygen atoms in total. The highest BCUT2D eigenvalue weighted by Crippen LogP contribution is 2.39. The largest absolute Gasteiger partial charge is 0.304 e. The third kappa shape index (κ3) is 0.817. The number of hydrogen-bond acceptors (Lipinski definition) is 2. The summed E-state index contributed by atoms with van der Waals surface area (Å²) < 4.78 is 0.871. The number of ketones is 1. The molecule has 2 heterocycles. The molecule has 1 aromatic carbocycles. The molecule has 14 heavy (non-hydrogen) atoms. The molecule has 1 amide bonds. The second-order valence-electron chi connectivity index (χ2n) is 3.50. The lowest BCUT2D eigenvalue weighted by atomic mass is 10.1. The smallest absolute Gasteiger partial charge is 0.299 e. The van der Waals surface area contributed by atoms with Crippen molar-refractivity contribution in [3.63, 3.8) is 0 Å². The van der Waals surface area contributed by atoms with Gasteiger partial charge in [-0.2, -0.15) is 0 Å². The van der Waals surface area contributed by atoms with E-state index in [-0.39, 0.29) is 11.7 Å². The molecular weight excluding hydrogens is 246 g/mol. The maximum atomic E-state index is 11.5. The van der Waals surface area contributed by atoms with Crippen LogP contribution in [0, 0.1) is 0 Å². The number of nitrogens with zero attached hydrogens (tertiary/aromatic N) is 1. The van der Waals surface area contributed by atoms with Crippen LogP contribution in [0.4, 0.5) is 5.69 Å². The van der Waals surface area contributed by atoms with Gasteiger partial charge in [-0.15, -0.1) is 0 Å². The Morgan fingerprint density at radius 2 is 2.07 bits per heavy atom. The van der Waals surface area contributed by atoms with Crippen LogP contribution in [0.1, 0.15) is 15.9 Å². The average molecular weight is 252 g/mol. The Morgan fingerprint density at radius 3 is 2.86 bits per heavy atom. The van der Waals surface area contributed by atoms with Crippen LogP contribution in [0.25, 0.3) is 0 Å². The molecule has 0 unspecified atom stereocenters. The van der Waals surface area contributed by atoms with E-state index in [0.717, 1.165) is 22.1 Å². The molecule has 0 saturated carbocycles. The molecule has 1 aromatic rings. The van der Waals surface area contributed by atoms with Crippen LogP contribution in [-0.4, -0.2) is 18.2 Å². The molecule has 4 heteroatoms. The lowest BCUT2D eigenvalue weighted by Gasteiger charge is -2.07.